The predicted octanol–water partition coefficient (Wildman–Crippen LogP) is 0.872. The number of anilines is 2. The van der Waals surface area contributed by atoms with E-state index in [4.69, 9.17) is 19.3 Å². The van der Waals surface area contributed by atoms with Crippen molar-refractivity contribution in [3.8, 4) is 5.75 Å². The summed E-state index contributed by atoms with van der Waals surface area (Å²) in [7, 11) is 6.38. The summed E-state index contributed by atoms with van der Waals surface area (Å²) in [5, 5.41) is 48.7. The van der Waals surface area contributed by atoms with Crippen molar-refractivity contribution in [1.29, 1.82) is 0 Å². The fourth-order valence-corrected chi connectivity index (χ4v) is 7.38. The Morgan fingerprint density at radius 1 is 1.10 bits per heavy atom. The Labute approximate surface area is 296 Å². The van der Waals surface area contributed by atoms with Crippen LogP contribution in [0.4, 0.5) is 16.2 Å². The average Bonchev–Trinajstić information content (AvgIpc) is 3.38. The molecule has 1 aromatic heterocycles. The zero-order valence-electron chi connectivity index (χ0n) is 29.4. The maximum atomic E-state index is 14.2. The first-order valence-corrected chi connectivity index (χ1v) is 16.4. The van der Waals surface area contributed by atoms with Crippen molar-refractivity contribution in [2.24, 2.45) is 17.6 Å². The van der Waals surface area contributed by atoms with Gasteiger partial charge in [-0.1, -0.05) is 6.92 Å². The molecule has 0 aliphatic heterocycles. The lowest BCUT2D eigenvalue weighted by Crippen LogP contribution is -2.65. The highest BCUT2D eigenvalue weighted by atomic mass is 16.6. The third-order valence-electron chi connectivity index (χ3n) is 9.70. The first-order valence-electron chi connectivity index (χ1n) is 16.4. The van der Waals surface area contributed by atoms with Gasteiger partial charge in [0.05, 0.1) is 17.3 Å². The molecule has 52 heavy (non-hydrogen) atoms. The molecule has 3 amide bonds. The van der Waals surface area contributed by atoms with Crippen LogP contribution in [0.25, 0.3) is 5.76 Å². The van der Waals surface area contributed by atoms with E-state index < -0.39 is 94.8 Å². The Morgan fingerprint density at radius 3 is 2.33 bits per heavy atom. The molecule has 3 aliphatic rings. The second-order valence-electron chi connectivity index (χ2n) is 13.5. The fraction of sp³-hybridized carbons (Fsp3) is 0.471. The van der Waals surface area contributed by atoms with Crippen LogP contribution in [-0.4, -0.2) is 113 Å². The smallest absolute Gasteiger partial charge is 0.508 e. The molecular weight excluding hydrogens is 686 g/mol. The molecule has 2 aromatic rings. The van der Waals surface area contributed by atoms with Crippen LogP contribution in [0.1, 0.15) is 42.4 Å². The number of benzene rings is 1. The molecule has 18 heteroatoms. The van der Waals surface area contributed by atoms with Crippen molar-refractivity contribution >= 4 is 46.6 Å². The third-order valence-corrected chi connectivity index (χ3v) is 9.70. The molecule has 280 valence electrons. The van der Waals surface area contributed by atoms with E-state index in [0.29, 0.717) is 17.7 Å². The summed E-state index contributed by atoms with van der Waals surface area (Å²) >= 11 is 0. The quantitative estimate of drug-likeness (QED) is 0.146. The number of aliphatic hydroxyl groups excluding tert-OH is 2. The number of aryl methyl sites for hydroxylation is 1. The molecule has 0 saturated heterocycles. The first kappa shape index (κ1) is 37.6. The van der Waals surface area contributed by atoms with E-state index in [2.05, 4.69) is 5.32 Å². The molecular formula is C34H41N5O13. The Bertz CT molecular complexity index is 1990. The minimum Gasteiger partial charge on any atom is -0.508 e. The zero-order chi connectivity index (χ0) is 38.6. The van der Waals surface area contributed by atoms with E-state index in [1.54, 1.807) is 25.9 Å². The van der Waals surface area contributed by atoms with Gasteiger partial charge in [0.25, 0.3) is 5.91 Å². The topological polar surface area (TPSA) is 267 Å². The van der Waals surface area contributed by atoms with E-state index in [1.165, 1.54) is 32.0 Å². The van der Waals surface area contributed by atoms with E-state index in [0.717, 1.165) is 4.90 Å². The Morgan fingerprint density at radius 2 is 1.77 bits per heavy atom. The number of primary amides is 1. The van der Waals surface area contributed by atoms with Gasteiger partial charge >= 0.3 is 11.9 Å². The Kier molecular flexibility index (Phi) is 10.0. The standard InChI is InChI=1S/C34H41N5O13/c1-7-8-39(32(47)50-13-20-14(2)51-33(48)52-20)12-21(40)36-18-11-19(37(3)4)16-9-15-10-17-25(38(5)6)28(43)24(31(35)46)30(45)34(17,49)29(44)22(15)27(42)23(16)26(18)41/h11,15,17,25,41-42,45,49H,7-10,12-13H2,1-6H3,(H2,35,46)(H,36,40)/t15?,17?,25-,34+/m0/s1. The number of rotatable bonds is 10. The number of nitrogens with two attached hydrogens (primary N) is 1. The van der Waals surface area contributed by atoms with Crippen LogP contribution < -0.4 is 21.8 Å². The normalized spacial score (nSPS) is 22.5. The lowest BCUT2D eigenvalue weighted by molar-refractivity contribution is -0.153. The largest absolute Gasteiger partial charge is 0.519 e. The van der Waals surface area contributed by atoms with Gasteiger partial charge in [-0.3, -0.25) is 29.0 Å². The number of nitrogens with zero attached hydrogens (tertiary/aromatic N) is 3. The number of aliphatic hydroxyl groups is 3. The predicted molar refractivity (Wildman–Crippen MR) is 181 cm³/mol. The number of likely N-dealkylation sites (N-methyl/N-ethyl adjacent to an activating group) is 1. The van der Waals surface area contributed by atoms with E-state index >= 15 is 0 Å². The highest BCUT2D eigenvalue weighted by Crippen LogP contribution is 2.54. The third kappa shape index (κ3) is 6.17. The van der Waals surface area contributed by atoms with Gasteiger partial charge in [-0.2, -0.15) is 0 Å². The molecule has 3 aliphatic carbocycles. The number of Topliss-reactive ketones (excluding diaryl/α,β-unsaturated/α-hetero) is 2. The maximum Gasteiger partial charge on any atom is 0.519 e. The number of ketones is 2. The molecule has 1 aromatic carbocycles. The van der Waals surface area contributed by atoms with Crippen LogP contribution in [0.3, 0.4) is 0 Å². The number of ether oxygens (including phenoxy) is 1. The molecule has 1 saturated carbocycles. The highest BCUT2D eigenvalue weighted by molar-refractivity contribution is 6.24. The second-order valence-corrected chi connectivity index (χ2v) is 13.5. The van der Waals surface area contributed by atoms with Crippen LogP contribution in [0.5, 0.6) is 5.75 Å². The summed E-state index contributed by atoms with van der Waals surface area (Å²) in [6.07, 6.45) is -0.512. The molecule has 18 nitrogen and oxygen atoms in total. The van der Waals surface area contributed by atoms with Crippen LogP contribution >= 0.6 is 0 Å². The van der Waals surface area contributed by atoms with Gasteiger partial charge in [0.15, 0.2) is 29.5 Å². The highest BCUT2D eigenvalue weighted by Gasteiger charge is 2.64. The minimum atomic E-state index is -2.81. The molecule has 1 fully saturated rings. The van der Waals surface area contributed by atoms with Gasteiger partial charge in [0.1, 0.15) is 29.4 Å². The van der Waals surface area contributed by atoms with Gasteiger partial charge in [0.2, 0.25) is 11.7 Å². The summed E-state index contributed by atoms with van der Waals surface area (Å²) in [4.78, 5) is 81.5. The van der Waals surface area contributed by atoms with Crippen molar-refractivity contribution in [2.75, 3.05) is 51.5 Å². The van der Waals surface area contributed by atoms with Crippen LogP contribution in [-0.2, 0) is 36.9 Å². The number of phenolic OH excluding ortho intramolecular Hbond substituents is 1. The number of carbonyl (C=O) groups is 5. The number of amides is 3. The number of carbonyl (C=O) groups excluding carboxylic acids is 5. The van der Waals surface area contributed by atoms with E-state index in [9.17, 15) is 49.2 Å². The molecule has 5 rings (SSSR count). The van der Waals surface area contributed by atoms with Crippen molar-refractivity contribution < 1.29 is 58.0 Å². The Balaban J connectivity index is 1.50. The van der Waals surface area contributed by atoms with Gasteiger partial charge in [-0.25, -0.2) is 9.59 Å². The number of hydrogen-bond acceptors (Lipinski definition) is 15. The average molecular weight is 728 g/mol. The molecule has 0 spiro atoms. The van der Waals surface area contributed by atoms with Gasteiger partial charge < -0.3 is 49.9 Å². The van der Waals surface area contributed by atoms with Crippen molar-refractivity contribution in [1.82, 2.24) is 9.80 Å². The van der Waals surface area contributed by atoms with Crippen molar-refractivity contribution in [3.05, 3.63) is 56.2 Å². The maximum absolute atomic E-state index is 14.2. The van der Waals surface area contributed by atoms with Gasteiger partial charge in [-0.15, -0.1) is 0 Å². The number of nitrogens with one attached hydrogen (secondary N) is 1. The van der Waals surface area contributed by atoms with Crippen molar-refractivity contribution in [3.63, 3.8) is 0 Å². The molecule has 1 heterocycles. The summed E-state index contributed by atoms with van der Waals surface area (Å²) in [6, 6.07) is 0.231. The number of fused-ring (bicyclic) bond motifs is 3. The molecule has 0 radical (unpaired) electrons. The summed E-state index contributed by atoms with van der Waals surface area (Å²) in [6.45, 7) is 2.35. The number of phenols is 1. The first-order chi connectivity index (χ1) is 24.3. The van der Waals surface area contributed by atoms with E-state index in [-0.39, 0.29) is 47.7 Å². The monoisotopic (exact) mass is 727 g/mol. The SMILES string of the molecule is CCCN(CC(=O)Nc1cc(N(C)C)c2c(c1O)C(O)=C1C(=O)[C@@]3(O)C(O)=C(C(N)=O)C(=O)[C@@H](N(C)C)C3CC1C2)C(=O)OCc1oc(=O)oc1C. The number of hydrogen-bond donors (Lipinski definition) is 6. The summed E-state index contributed by atoms with van der Waals surface area (Å²) in [5.74, 6) is -9.57. The van der Waals surface area contributed by atoms with Crippen LogP contribution in [0.2, 0.25) is 0 Å². The second kappa shape index (κ2) is 13.8. The van der Waals surface area contributed by atoms with Gasteiger partial charge in [-0.05, 0) is 57.8 Å². The molecule has 7 N–H and O–H groups in total. The van der Waals surface area contributed by atoms with E-state index in [1.807, 2.05) is 0 Å². The Hall–Kier alpha value is -5.62. The fourth-order valence-electron chi connectivity index (χ4n) is 7.38. The lowest BCUT2D eigenvalue weighted by Gasteiger charge is -2.50. The molecule has 0 bridgehead atoms. The molecule has 4 atom stereocenters. The van der Waals surface area contributed by atoms with Crippen LogP contribution in [0.15, 0.2) is 36.6 Å². The summed E-state index contributed by atoms with van der Waals surface area (Å²) in [5.41, 5.74) is 1.73. The number of aromatic hydroxyl groups is 1. The summed E-state index contributed by atoms with van der Waals surface area (Å²) < 4.78 is 14.8. The van der Waals surface area contributed by atoms with Gasteiger partial charge in [0, 0.05) is 37.8 Å². The van der Waals surface area contributed by atoms with Crippen molar-refractivity contribution in [2.45, 2.75) is 51.4 Å². The minimum absolute atomic E-state index is 0.00117. The zero-order valence-corrected chi connectivity index (χ0v) is 29.4. The lowest BCUT2D eigenvalue weighted by atomic mass is 9.57. The van der Waals surface area contributed by atoms with Crippen LogP contribution in [0, 0.1) is 18.8 Å². The molecule has 2 unspecified atom stereocenters.